The Morgan fingerprint density at radius 3 is 0.944 bits per heavy atom. The second kappa shape index (κ2) is 15.1. The average molecular weight is 697 g/mol. The van der Waals surface area contributed by atoms with Crippen molar-refractivity contribution in [3.63, 3.8) is 0 Å². The van der Waals surface area contributed by atoms with Crippen LogP contribution in [0.1, 0.15) is 22.3 Å². The summed E-state index contributed by atoms with van der Waals surface area (Å²) < 4.78 is 0. The van der Waals surface area contributed by atoms with Gasteiger partial charge < -0.3 is 9.80 Å². The Morgan fingerprint density at radius 1 is 0.259 bits per heavy atom. The fourth-order valence-corrected chi connectivity index (χ4v) is 7.21. The van der Waals surface area contributed by atoms with Gasteiger partial charge in [0, 0.05) is 34.1 Å². The monoisotopic (exact) mass is 696 g/mol. The van der Waals surface area contributed by atoms with Crippen molar-refractivity contribution in [1.82, 2.24) is 0 Å². The topological polar surface area (TPSA) is 6.48 Å². The first-order chi connectivity index (χ1) is 26.4. The van der Waals surface area contributed by atoms with Crippen LogP contribution in [0.15, 0.2) is 194 Å². The molecule has 262 valence electrons. The van der Waals surface area contributed by atoms with Gasteiger partial charge >= 0.3 is 0 Å². The van der Waals surface area contributed by atoms with E-state index in [4.69, 9.17) is 0 Å². The van der Waals surface area contributed by atoms with E-state index in [9.17, 15) is 0 Å². The molecule has 0 N–H and O–H groups in total. The molecule has 8 rings (SSSR count). The van der Waals surface area contributed by atoms with Gasteiger partial charge in [0.25, 0.3) is 0 Å². The molecule has 0 aliphatic heterocycles. The Morgan fingerprint density at radius 2 is 0.556 bits per heavy atom. The normalized spacial score (nSPS) is 11.0. The van der Waals surface area contributed by atoms with Gasteiger partial charge in [-0.05, 0) is 133 Å². The van der Waals surface area contributed by atoms with Crippen molar-refractivity contribution in [1.29, 1.82) is 0 Å². The van der Waals surface area contributed by atoms with E-state index in [-0.39, 0.29) is 0 Å². The molecule has 0 heterocycles. The first kappa shape index (κ1) is 34.4. The standard InChI is InChI=1S/C52H44N2/c1-37-10-15-42(16-11-37)44-21-31-50(32-22-44)54(52-35-14-39(3)36-40(52)4)51-33-23-46(24-34-51)45-19-29-49(30-20-45)53(47-25-12-38(2)13-26-47)48-27-17-43(18-28-48)41-8-6-5-7-9-41/h5-36H,1-4H3. The van der Waals surface area contributed by atoms with Gasteiger partial charge in [0.2, 0.25) is 0 Å². The lowest BCUT2D eigenvalue weighted by Crippen LogP contribution is -2.11. The molecule has 0 aliphatic carbocycles. The Labute approximate surface area is 320 Å². The lowest BCUT2D eigenvalue weighted by Gasteiger charge is -2.28. The highest BCUT2D eigenvalue weighted by Gasteiger charge is 2.17. The number of nitrogens with zero attached hydrogens (tertiary/aromatic N) is 2. The Kier molecular flexibility index (Phi) is 9.66. The van der Waals surface area contributed by atoms with Gasteiger partial charge in [-0.1, -0.05) is 144 Å². The molecule has 2 heteroatoms. The van der Waals surface area contributed by atoms with Gasteiger partial charge in [0.1, 0.15) is 0 Å². The summed E-state index contributed by atoms with van der Waals surface area (Å²) in [4.78, 5) is 4.69. The molecular formula is C52H44N2. The summed E-state index contributed by atoms with van der Waals surface area (Å²) in [5, 5.41) is 0. The van der Waals surface area contributed by atoms with Gasteiger partial charge in [-0.3, -0.25) is 0 Å². The Hall–Kier alpha value is -6.64. The zero-order valence-corrected chi connectivity index (χ0v) is 31.4. The quantitative estimate of drug-likeness (QED) is 0.148. The van der Waals surface area contributed by atoms with Crippen LogP contribution in [-0.2, 0) is 0 Å². The zero-order chi connectivity index (χ0) is 37.0. The molecule has 8 aromatic carbocycles. The predicted molar refractivity (Wildman–Crippen MR) is 231 cm³/mol. The first-order valence-corrected chi connectivity index (χ1v) is 18.7. The summed E-state index contributed by atoms with van der Waals surface area (Å²) >= 11 is 0. The van der Waals surface area contributed by atoms with E-state index in [2.05, 4.69) is 232 Å². The third-order valence-corrected chi connectivity index (χ3v) is 10.2. The summed E-state index contributed by atoms with van der Waals surface area (Å²) in [7, 11) is 0. The molecule has 0 atom stereocenters. The molecule has 2 nitrogen and oxygen atoms in total. The number of aryl methyl sites for hydroxylation is 4. The van der Waals surface area contributed by atoms with Gasteiger partial charge in [0.15, 0.2) is 0 Å². The van der Waals surface area contributed by atoms with Gasteiger partial charge in [-0.15, -0.1) is 0 Å². The second-order valence-corrected chi connectivity index (χ2v) is 14.2. The van der Waals surface area contributed by atoms with Crippen LogP contribution < -0.4 is 9.80 Å². The maximum absolute atomic E-state index is 2.36. The van der Waals surface area contributed by atoms with Crippen LogP contribution >= 0.6 is 0 Å². The van der Waals surface area contributed by atoms with Crippen LogP contribution in [0.3, 0.4) is 0 Å². The molecule has 0 saturated carbocycles. The number of hydrogen-bond acceptors (Lipinski definition) is 2. The summed E-state index contributed by atoms with van der Waals surface area (Å²) in [5.74, 6) is 0. The summed E-state index contributed by atoms with van der Waals surface area (Å²) in [6.45, 7) is 8.61. The van der Waals surface area contributed by atoms with E-state index in [1.807, 2.05) is 0 Å². The van der Waals surface area contributed by atoms with Crippen LogP contribution in [0.2, 0.25) is 0 Å². The summed E-state index contributed by atoms with van der Waals surface area (Å²) in [5.41, 5.74) is 19.0. The highest BCUT2D eigenvalue weighted by Crippen LogP contribution is 2.40. The number of hydrogen-bond donors (Lipinski definition) is 0. The minimum atomic E-state index is 1.11. The maximum Gasteiger partial charge on any atom is 0.0490 e. The smallest absolute Gasteiger partial charge is 0.0490 e. The first-order valence-electron chi connectivity index (χ1n) is 18.7. The number of benzene rings is 8. The number of rotatable bonds is 9. The highest BCUT2D eigenvalue weighted by molar-refractivity contribution is 5.83. The third kappa shape index (κ3) is 7.33. The van der Waals surface area contributed by atoms with Crippen molar-refractivity contribution in [3.8, 4) is 33.4 Å². The molecule has 54 heavy (non-hydrogen) atoms. The van der Waals surface area contributed by atoms with E-state index >= 15 is 0 Å². The minimum Gasteiger partial charge on any atom is -0.311 e. The third-order valence-electron chi connectivity index (χ3n) is 10.2. The van der Waals surface area contributed by atoms with E-state index in [1.54, 1.807) is 0 Å². The lowest BCUT2D eigenvalue weighted by atomic mass is 10.0. The van der Waals surface area contributed by atoms with E-state index < -0.39 is 0 Å². The highest BCUT2D eigenvalue weighted by atomic mass is 15.1. The van der Waals surface area contributed by atoms with Crippen LogP contribution in [0, 0.1) is 27.7 Å². The van der Waals surface area contributed by atoms with Crippen LogP contribution in [-0.4, -0.2) is 0 Å². The van der Waals surface area contributed by atoms with E-state index in [1.165, 1.54) is 61.3 Å². The molecule has 0 bridgehead atoms. The van der Waals surface area contributed by atoms with Crippen LogP contribution in [0.4, 0.5) is 34.1 Å². The molecule has 0 saturated heterocycles. The fourth-order valence-electron chi connectivity index (χ4n) is 7.21. The van der Waals surface area contributed by atoms with E-state index in [0.29, 0.717) is 0 Å². The lowest BCUT2D eigenvalue weighted by molar-refractivity contribution is 1.24. The van der Waals surface area contributed by atoms with Crippen molar-refractivity contribution >= 4 is 34.1 Å². The van der Waals surface area contributed by atoms with Crippen molar-refractivity contribution < 1.29 is 0 Å². The van der Waals surface area contributed by atoms with Gasteiger partial charge in [-0.2, -0.15) is 0 Å². The van der Waals surface area contributed by atoms with Gasteiger partial charge in [-0.25, -0.2) is 0 Å². The molecule has 0 fully saturated rings. The van der Waals surface area contributed by atoms with Crippen molar-refractivity contribution in [2.24, 2.45) is 0 Å². The molecule has 0 aromatic heterocycles. The molecule has 0 spiro atoms. The average Bonchev–Trinajstić information content (AvgIpc) is 3.21. The zero-order valence-electron chi connectivity index (χ0n) is 31.4. The maximum atomic E-state index is 2.36. The predicted octanol–water partition coefficient (Wildman–Crippen LogP) is 14.9. The SMILES string of the molecule is Cc1ccc(-c2ccc(N(c3ccc(-c4ccc(N(c5ccc(C)cc5)c5ccc(-c6ccccc6)cc5)cc4)cc3)c3ccc(C)cc3C)cc2)cc1. The minimum absolute atomic E-state index is 1.11. The molecule has 8 aromatic rings. The largest absolute Gasteiger partial charge is 0.311 e. The van der Waals surface area contributed by atoms with Gasteiger partial charge in [0.05, 0.1) is 0 Å². The Bertz CT molecular complexity index is 2460. The Balaban J connectivity index is 1.10. The van der Waals surface area contributed by atoms with E-state index in [0.717, 1.165) is 28.4 Å². The second-order valence-electron chi connectivity index (χ2n) is 14.2. The molecule has 0 radical (unpaired) electrons. The van der Waals surface area contributed by atoms with Crippen LogP contribution in [0.25, 0.3) is 33.4 Å². The molecular weight excluding hydrogens is 653 g/mol. The van der Waals surface area contributed by atoms with Crippen molar-refractivity contribution in [2.75, 3.05) is 9.80 Å². The fraction of sp³-hybridized carbons (Fsp3) is 0.0769. The summed E-state index contributed by atoms with van der Waals surface area (Å²) in [6, 6.07) is 70.4. The molecule has 0 unspecified atom stereocenters. The van der Waals surface area contributed by atoms with Crippen molar-refractivity contribution in [2.45, 2.75) is 27.7 Å². The van der Waals surface area contributed by atoms with Crippen LogP contribution in [0.5, 0.6) is 0 Å². The number of anilines is 6. The molecule has 0 aliphatic rings. The summed E-state index contributed by atoms with van der Waals surface area (Å²) in [6.07, 6.45) is 0. The molecule has 0 amide bonds. The van der Waals surface area contributed by atoms with Crippen molar-refractivity contribution in [3.05, 3.63) is 216 Å².